The summed E-state index contributed by atoms with van der Waals surface area (Å²) < 4.78 is 5.25. The van der Waals surface area contributed by atoms with Crippen molar-refractivity contribution in [2.45, 2.75) is 13.8 Å². The lowest BCUT2D eigenvalue weighted by molar-refractivity contribution is 0.0770. The molecule has 1 aromatic heterocycles. The topological polar surface area (TPSA) is 33.2 Å². The van der Waals surface area contributed by atoms with E-state index >= 15 is 0 Å². The largest absolute Gasteiger partial charge is 0.338 e. The molecule has 2 aromatic rings. The minimum Gasteiger partial charge on any atom is -0.338 e. The maximum atomic E-state index is 12.1. The molecule has 0 N–H and O–H groups in total. The van der Waals surface area contributed by atoms with Gasteiger partial charge in [0.15, 0.2) is 0 Å². The molecule has 0 unspecified atom stereocenters. The number of amides is 1. The molecular formula is C12H13N2OS. The Morgan fingerprint density at radius 2 is 2.25 bits per heavy atom. The lowest BCUT2D eigenvalue weighted by atomic mass is 10.2. The molecule has 0 bridgehead atoms. The van der Waals surface area contributed by atoms with Gasteiger partial charge < -0.3 is 4.90 Å². The third-order valence-electron chi connectivity index (χ3n) is 2.57. The third-order valence-corrected chi connectivity index (χ3v) is 3.38. The normalized spacial score (nSPS) is 10.6. The zero-order valence-corrected chi connectivity index (χ0v) is 10.2. The number of nitrogens with zero attached hydrogens (tertiary/aromatic N) is 2. The highest BCUT2D eigenvalue weighted by atomic mass is 32.1. The van der Waals surface area contributed by atoms with Gasteiger partial charge >= 0.3 is 0 Å². The van der Waals surface area contributed by atoms with Gasteiger partial charge in [-0.25, -0.2) is 0 Å². The Kier molecular flexibility index (Phi) is 3.19. The van der Waals surface area contributed by atoms with E-state index in [2.05, 4.69) is 10.4 Å². The molecule has 1 aromatic carbocycles. The summed E-state index contributed by atoms with van der Waals surface area (Å²) in [7, 11) is 0. The van der Waals surface area contributed by atoms with E-state index in [0.717, 1.165) is 10.1 Å². The predicted octanol–water partition coefficient (Wildman–Crippen LogP) is 2.58. The van der Waals surface area contributed by atoms with Crippen molar-refractivity contribution in [1.29, 1.82) is 0 Å². The molecule has 0 aliphatic rings. The molecule has 1 amide bonds. The first kappa shape index (κ1) is 11.1. The molecule has 0 atom stereocenters. The van der Waals surface area contributed by atoms with E-state index in [9.17, 15) is 4.79 Å². The van der Waals surface area contributed by atoms with Crippen molar-refractivity contribution in [2.24, 2.45) is 0 Å². The monoisotopic (exact) mass is 233 g/mol. The van der Waals surface area contributed by atoms with Gasteiger partial charge in [-0.05, 0) is 37.5 Å². The number of rotatable bonds is 3. The number of carbonyl (C=O) groups excluding carboxylic acids is 1. The number of fused-ring (bicyclic) bond motifs is 1. The zero-order valence-electron chi connectivity index (χ0n) is 9.36. The maximum absolute atomic E-state index is 12.1. The lowest BCUT2D eigenvalue weighted by Crippen LogP contribution is -2.30. The molecule has 0 saturated carbocycles. The fourth-order valence-corrected chi connectivity index (χ4v) is 2.40. The van der Waals surface area contributed by atoms with Crippen LogP contribution in [0.5, 0.6) is 0 Å². The minimum absolute atomic E-state index is 0.0162. The molecule has 1 heterocycles. The fourth-order valence-electron chi connectivity index (χ4n) is 1.65. The number of hydrogen-bond acceptors (Lipinski definition) is 3. The highest BCUT2D eigenvalue weighted by Gasteiger charge is 2.18. The number of carbonyl (C=O) groups is 1. The second-order valence-corrected chi connectivity index (χ2v) is 4.24. The van der Waals surface area contributed by atoms with Gasteiger partial charge in [-0.1, -0.05) is 12.1 Å². The molecular weight excluding hydrogens is 220 g/mol. The molecule has 1 radical (unpaired) electrons. The molecule has 4 heteroatoms. The zero-order chi connectivity index (χ0) is 11.5. The lowest BCUT2D eigenvalue weighted by Gasteiger charge is -2.17. The fraction of sp³-hybridized carbons (Fsp3) is 0.333. The van der Waals surface area contributed by atoms with Gasteiger partial charge in [-0.2, -0.15) is 4.37 Å². The van der Waals surface area contributed by atoms with Crippen LogP contribution in [0.3, 0.4) is 0 Å². The van der Waals surface area contributed by atoms with Crippen LogP contribution in [-0.4, -0.2) is 28.3 Å². The number of hydrogen-bond donors (Lipinski definition) is 0. The Morgan fingerprint density at radius 3 is 2.94 bits per heavy atom. The second kappa shape index (κ2) is 4.61. The van der Waals surface area contributed by atoms with Crippen LogP contribution in [0.25, 0.3) is 10.1 Å². The van der Waals surface area contributed by atoms with Gasteiger partial charge in [0, 0.05) is 18.5 Å². The Labute approximate surface area is 98.9 Å². The Hall–Kier alpha value is -1.42. The van der Waals surface area contributed by atoms with E-state index in [4.69, 9.17) is 0 Å². The summed E-state index contributed by atoms with van der Waals surface area (Å²) >= 11 is 1.35. The van der Waals surface area contributed by atoms with E-state index in [0.29, 0.717) is 18.8 Å². The van der Waals surface area contributed by atoms with Crippen molar-refractivity contribution < 1.29 is 4.79 Å². The second-order valence-electron chi connectivity index (χ2n) is 3.43. The van der Waals surface area contributed by atoms with Crippen LogP contribution in [-0.2, 0) is 0 Å². The van der Waals surface area contributed by atoms with E-state index in [-0.39, 0.29) is 5.91 Å². The van der Waals surface area contributed by atoms with Crippen LogP contribution < -0.4 is 0 Å². The van der Waals surface area contributed by atoms with Gasteiger partial charge in [0.05, 0.1) is 4.70 Å². The first-order valence-corrected chi connectivity index (χ1v) is 6.10. The van der Waals surface area contributed by atoms with Crippen LogP contribution in [0, 0.1) is 6.07 Å². The van der Waals surface area contributed by atoms with Gasteiger partial charge in [0.1, 0.15) is 5.69 Å². The summed E-state index contributed by atoms with van der Waals surface area (Å²) in [4.78, 5) is 13.9. The van der Waals surface area contributed by atoms with Gasteiger partial charge in [-0.15, -0.1) is 0 Å². The molecule has 83 valence electrons. The van der Waals surface area contributed by atoms with Gasteiger partial charge in [-0.3, -0.25) is 4.79 Å². The first-order valence-electron chi connectivity index (χ1n) is 5.32. The number of benzene rings is 1. The van der Waals surface area contributed by atoms with Crippen LogP contribution in [0.15, 0.2) is 18.2 Å². The van der Waals surface area contributed by atoms with Crippen molar-refractivity contribution in [3.05, 3.63) is 30.0 Å². The van der Waals surface area contributed by atoms with Gasteiger partial charge in [0.2, 0.25) is 0 Å². The van der Waals surface area contributed by atoms with E-state index in [1.165, 1.54) is 11.5 Å². The third kappa shape index (κ3) is 1.80. The van der Waals surface area contributed by atoms with E-state index < -0.39 is 0 Å². The smallest absolute Gasteiger partial charge is 0.274 e. The summed E-state index contributed by atoms with van der Waals surface area (Å²) in [6, 6.07) is 8.57. The van der Waals surface area contributed by atoms with Crippen molar-refractivity contribution in [2.75, 3.05) is 13.1 Å². The van der Waals surface area contributed by atoms with Crippen LogP contribution in [0.2, 0.25) is 0 Å². The Balaban J connectivity index is 2.43. The summed E-state index contributed by atoms with van der Waals surface area (Å²) in [5.74, 6) is 0.0162. The predicted molar refractivity (Wildman–Crippen MR) is 65.7 cm³/mol. The summed E-state index contributed by atoms with van der Waals surface area (Å²) in [5, 5.41) is 0.931. The minimum atomic E-state index is 0.0162. The van der Waals surface area contributed by atoms with Crippen molar-refractivity contribution in [3.63, 3.8) is 0 Å². The molecule has 16 heavy (non-hydrogen) atoms. The molecule has 3 nitrogen and oxygen atoms in total. The molecule has 0 aliphatic heterocycles. The Bertz CT molecular complexity index is 502. The molecule has 2 rings (SSSR count). The Morgan fingerprint density at radius 1 is 1.50 bits per heavy atom. The summed E-state index contributed by atoms with van der Waals surface area (Å²) in [5.41, 5.74) is 0.567. The van der Waals surface area contributed by atoms with Crippen LogP contribution >= 0.6 is 11.5 Å². The van der Waals surface area contributed by atoms with E-state index in [1.54, 1.807) is 4.90 Å². The highest BCUT2D eigenvalue weighted by Crippen LogP contribution is 2.22. The molecule has 0 saturated heterocycles. The van der Waals surface area contributed by atoms with Crippen LogP contribution in [0.1, 0.15) is 24.3 Å². The summed E-state index contributed by atoms with van der Waals surface area (Å²) in [6.45, 7) is 5.38. The average Bonchev–Trinajstić information content (AvgIpc) is 2.74. The number of aromatic nitrogens is 1. The van der Waals surface area contributed by atoms with Crippen LogP contribution in [0.4, 0.5) is 0 Å². The molecule has 0 fully saturated rings. The SMILES string of the molecule is CCN(CC)C(=O)c1nsc2c[c]ccc12. The molecule has 0 spiro atoms. The van der Waals surface area contributed by atoms with Gasteiger partial charge in [0.25, 0.3) is 5.91 Å². The maximum Gasteiger partial charge on any atom is 0.274 e. The quantitative estimate of drug-likeness (QED) is 0.816. The van der Waals surface area contributed by atoms with Crippen molar-refractivity contribution in [1.82, 2.24) is 9.27 Å². The van der Waals surface area contributed by atoms with Crippen molar-refractivity contribution in [3.8, 4) is 0 Å². The molecule has 0 aliphatic carbocycles. The highest BCUT2D eigenvalue weighted by molar-refractivity contribution is 7.13. The standard InChI is InChI=1S/C12H13N2OS/c1-3-14(4-2)12(15)11-9-7-5-6-8-10(9)16-13-11/h5,7-8H,3-4H2,1-2H3. The summed E-state index contributed by atoms with van der Waals surface area (Å²) in [6.07, 6.45) is 0. The average molecular weight is 233 g/mol. The first-order chi connectivity index (χ1) is 7.77. The van der Waals surface area contributed by atoms with Crippen molar-refractivity contribution >= 4 is 27.5 Å². The van der Waals surface area contributed by atoms with E-state index in [1.807, 2.05) is 32.0 Å².